The largest absolute Gasteiger partial charge is 0.0798 e. The normalized spacial score (nSPS) is 13.1. The fraction of sp³-hybridized carbons (Fsp3) is 0.160. The first-order chi connectivity index (χ1) is 24.6. The van der Waals surface area contributed by atoms with E-state index in [-0.39, 0.29) is 0 Å². The third-order valence-electron chi connectivity index (χ3n) is 10.7. The molecule has 0 fully saturated rings. The van der Waals surface area contributed by atoms with Gasteiger partial charge < -0.3 is 0 Å². The number of allylic oxidation sites excluding steroid dienone is 1. The van der Waals surface area contributed by atoms with Gasteiger partial charge in [-0.1, -0.05) is 143 Å². The van der Waals surface area contributed by atoms with Crippen LogP contribution in [0.25, 0.3) is 93.5 Å². The number of aryl methyl sites for hydroxylation is 2. The molecule has 0 heterocycles. The molecule has 10 rings (SSSR count). The molecule has 0 aliphatic heterocycles. The third kappa shape index (κ3) is 4.89. The minimum absolute atomic E-state index is 1.06. The van der Waals surface area contributed by atoms with Crippen molar-refractivity contribution in [1.82, 2.24) is 0 Å². The van der Waals surface area contributed by atoms with Gasteiger partial charge in [0.2, 0.25) is 0 Å². The molecule has 0 bridgehead atoms. The smallest absolute Gasteiger partial charge is 0.00206 e. The third-order valence-corrected chi connectivity index (χ3v) is 10.7. The van der Waals surface area contributed by atoms with Crippen LogP contribution in [0.1, 0.15) is 63.3 Å². The van der Waals surface area contributed by atoms with Crippen LogP contribution in [0.2, 0.25) is 0 Å². The lowest BCUT2D eigenvalue weighted by molar-refractivity contribution is 1.01. The van der Waals surface area contributed by atoms with Crippen LogP contribution in [0.5, 0.6) is 0 Å². The van der Waals surface area contributed by atoms with Crippen LogP contribution in [-0.2, 0) is 6.42 Å². The molecule has 0 N–H and O–H groups in total. The summed E-state index contributed by atoms with van der Waals surface area (Å²) in [5.74, 6) is 0. The van der Waals surface area contributed by atoms with E-state index in [1.807, 2.05) is 27.7 Å². The van der Waals surface area contributed by atoms with E-state index in [1.54, 1.807) is 0 Å². The van der Waals surface area contributed by atoms with Crippen LogP contribution < -0.4 is 5.22 Å². The van der Waals surface area contributed by atoms with Crippen LogP contribution >= 0.6 is 0 Å². The molecule has 0 saturated carbocycles. The first-order valence-electron chi connectivity index (χ1n) is 18.5. The number of benzene rings is 9. The maximum atomic E-state index is 2.49. The van der Waals surface area contributed by atoms with Crippen molar-refractivity contribution in [2.75, 3.05) is 0 Å². The summed E-state index contributed by atoms with van der Waals surface area (Å²) in [5, 5.41) is 17.4. The highest BCUT2D eigenvalue weighted by Gasteiger charge is 2.18. The number of hydrogen-bond acceptors (Lipinski definition) is 0. The Morgan fingerprint density at radius 2 is 1.10 bits per heavy atom. The van der Waals surface area contributed by atoms with Crippen LogP contribution in [0.3, 0.4) is 0 Å². The summed E-state index contributed by atoms with van der Waals surface area (Å²) < 4.78 is 0. The van der Waals surface area contributed by atoms with E-state index in [9.17, 15) is 0 Å². The molecule has 1 aliphatic rings. The number of rotatable bonds is 2. The minimum atomic E-state index is 1.06. The minimum Gasteiger partial charge on any atom is -0.0798 e. The van der Waals surface area contributed by atoms with E-state index in [0.29, 0.717) is 0 Å². The van der Waals surface area contributed by atoms with Gasteiger partial charge in [0.15, 0.2) is 0 Å². The zero-order valence-corrected chi connectivity index (χ0v) is 30.1. The van der Waals surface area contributed by atoms with Crippen molar-refractivity contribution in [2.24, 2.45) is 0 Å². The molecule has 0 heteroatoms. The Morgan fingerprint density at radius 1 is 0.480 bits per heavy atom. The second kappa shape index (κ2) is 12.8. The quantitative estimate of drug-likeness (QED) is 0.164. The lowest BCUT2D eigenvalue weighted by Gasteiger charge is -2.21. The van der Waals surface area contributed by atoms with Crippen LogP contribution in [0, 0.1) is 6.92 Å². The fourth-order valence-electron chi connectivity index (χ4n) is 8.47. The molecule has 0 saturated heterocycles. The Kier molecular flexibility index (Phi) is 8.12. The van der Waals surface area contributed by atoms with Crippen LogP contribution in [0.4, 0.5) is 0 Å². The van der Waals surface area contributed by atoms with Gasteiger partial charge >= 0.3 is 0 Å². The zero-order valence-electron chi connectivity index (χ0n) is 30.1. The molecule has 9 aromatic rings. The zero-order chi connectivity index (χ0) is 34.5. The summed E-state index contributed by atoms with van der Waals surface area (Å²) in [5.41, 5.74) is 9.52. The molecule has 244 valence electrons. The van der Waals surface area contributed by atoms with Crippen molar-refractivity contribution < 1.29 is 0 Å². The predicted octanol–water partition coefficient (Wildman–Crippen LogP) is 14.1. The molecule has 0 amide bonds. The molecule has 1 aliphatic carbocycles. The van der Waals surface area contributed by atoms with E-state index >= 15 is 0 Å². The van der Waals surface area contributed by atoms with Crippen molar-refractivity contribution in [2.45, 2.75) is 54.4 Å². The van der Waals surface area contributed by atoms with E-state index in [2.05, 4.69) is 147 Å². The van der Waals surface area contributed by atoms with Crippen LogP contribution in [0.15, 0.2) is 121 Å². The van der Waals surface area contributed by atoms with Crippen molar-refractivity contribution in [1.29, 1.82) is 0 Å². The lowest BCUT2D eigenvalue weighted by Crippen LogP contribution is -2.04. The van der Waals surface area contributed by atoms with Gasteiger partial charge in [-0.3, -0.25) is 0 Å². The molecule has 0 radical (unpaired) electrons. The Hall–Kier alpha value is -5.46. The van der Waals surface area contributed by atoms with Crippen LogP contribution in [-0.4, -0.2) is 0 Å². The van der Waals surface area contributed by atoms with E-state index in [1.165, 1.54) is 109 Å². The second-order valence-corrected chi connectivity index (χ2v) is 13.2. The Labute approximate surface area is 295 Å². The summed E-state index contributed by atoms with van der Waals surface area (Å²) in [4.78, 5) is 0. The summed E-state index contributed by atoms with van der Waals surface area (Å²) in [6.45, 7) is 12.4. The summed E-state index contributed by atoms with van der Waals surface area (Å²) in [7, 11) is 0. The van der Waals surface area contributed by atoms with Gasteiger partial charge in [-0.05, 0) is 154 Å². The van der Waals surface area contributed by atoms with Gasteiger partial charge in [-0.2, -0.15) is 0 Å². The standard InChI is InChI=1S/C46H32.2C2H6/c1-3-28-9-18-37-24-38(23-36-8-7-27(2)43(28)45(36)37)34-16-12-29-10-11-30-13-17-35(26-42(30)41(29)25-34)39-21-19-33-15-14-31-5-4-6-32-20-22-40(39)46(33)44(31)32;2*1-2/h3-11,13-15,17-26H,12,16H2,1-2H3;2*1-2H3/b28-3-;;. The first-order valence-corrected chi connectivity index (χ1v) is 18.5. The molecule has 0 nitrogen and oxygen atoms in total. The van der Waals surface area contributed by atoms with Gasteiger partial charge in [0.25, 0.3) is 0 Å². The molecular formula is C50H44. The topological polar surface area (TPSA) is 0 Å². The summed E-state index contributed by atoms with van der Waals surface area (Å²) in [6.07, 6.45) is 6.84. The fourth-order valence-corrected chi connectivity index (χ4v) is 8.47. The van der Waals surface area contributed by atoms with E-state index in [0.717, 1.165) is 12.8 Å². The Bertz CT molecular complexity index is 2770. The molecule has 50 heavy (non-hydrogen) atoms. The molecule has 0 aromatic heterocycles. The second-order valence-electron chi connectivity index (χ2n) is 13.2. The van der Waals surface area contributed by atoms with Gasteiger partial charge in [0.05, 0.1) is 0 Å². The first kappa shape index (κ1) is 31.8. The van der Waals surface area contributed by atoms with Gasteiger partial charge in [-0.25, -0.2) is 0 Å². The van der Waals surface area contributed by atoms with Gasteiger partial charge in [0.1, 0.15) is 0 Å². The van der Waals surface area contributed by atoms with Crippen molar-refractivity contribution in [3.63, 3.8) is 0 Å². The van der Waals surface area contributed by atoms with E-state index in [4.69, 9.17) is 0 Å². The van der Waals surface area contributed by atoms with Gasteiger partial charge in [0, 0.05) is 0 Å². The lowest BCUT2D eigenvalue weighted by atomic mass is 9.83. The van der Waals surface area contributed by atoms with E-state index < -0.39 is 0 Å². The maximum absolute atomic E-state index is 2.49. The highest BCUT2D eigenvalue weighted by atomic mass is 14.2. The Morgan fingerprint density at radius 3 is 1.86 bits per heavy atom. The number of fused-ring (bicyclic) bond motifs is 3. The van der Waals surface area contributed by atoms with Gasteiger partial charge in [-0.15, -0.1) is 0 Å². The van der Waals surface area contributed by atoms with Crippen molar-refractivity contribution >= 4 is 82.4 Å². The molecule has 0 unspecified atom stereocenters. The highest BCUT2D eigenvalue weighted by molar-refractivity contribution is 6.25. The summed E-state index contributed by atoms with van der Waals surface area (Å²) >= 11 is 0. The Balaban J connectivity index is 0.000000873. The average Bonchev–Trinajstić information content (AvgIpc) is 3.19. The van der Waals surface area contributed by atoms with Crippen molar-refractivity contribution in [3.8, 4) is 11.1 Å². The molecule has 0 atom stereocenters. The highest BCUT2D eigenvalue weighted by Crippen LogP contribution is 2.42. The molecular weight excluding hydrogens is 601 g/mol. The van der Waals surface area contributed by atoms with Crippen molar-refractivity contribution in [3.05, 3.63) is 149 Å². The predicted molar refractivity (Wildman–Crippen MR) is 224 cm³/mol. The molecule has 9 aromatic carbocycles. The maximum Gasteiger partial charge on any atom is -0.00206 e. The average molecular weight is 645 g/mol. The summed E-state index contributed by atoms with van der Waals surface area (Å²) in [6, 6.07) is 46.2. The SMILES string of the molecule is C/C=c1/ccc2cc(C3=Cc4c(ccc5ccc(-c6ccc7ccc8cccc9ccc6c7c89)cc45)CC3)cc3ccc(C)c1c32.CC.CC. The monoisotopic (exact) mass is 644 g/mol. The number of hydrogen-bond donors (Lipinski definition) is 0. The molecule has 0 spiro atoms.